The molecule has 0 N–H and O–H groups in total. The van der Waals surface area contributed by atoms with Crippen LogP contribution in [0.25, 0.3) is 0 Å². The molecular formula is C22H35N5O. The van der Waals surface area contributed by atoms with Crippen LogP contribution < -0.4 is 4.90 Å². The largest absolute Gasteiger partial charge is 0.356 e. The monoisotopic (exact) mass is 385 g/mol. The number of hydrogen-bond acceptors (Lipinski definition) is 5. The van der Waals surface area contributed by atoms with Gasteiger partial charge >= 0.3 is 0 Å². The molecule has 0 saturated carbocycles. The molecule has 1 aromatic heterocycles. The van der Waals surface area contributed by atoms with Crippen molar-refractivity contribution in [1.29, 1.82) is 0 Å². The highest BCUT2D eigenvalue weighted by molar-refractivity contribution is 5.74. The van der Waals surface area contributed by atoms with Gasteiger partial charge in [-0.2, -0.15) is 0 Å². The normalized spacial score (nSPS) is 25.5. The molecule has 0 bridgehead atoms. The highest BCUT2D eigenvalue weighted by Crippen LogP contribution is 2.36. The van der Waals surface area contributed by atoms with E-state index in [1.165, 1.54) is 43.5 Å². The fourth-order valence-electron chi connectivity index (χ4n) is 5.11. The molecule has 3 aliphatic rings. The molecule has 0 unspecified atom stereocenters. The molecule has 0 radical (unpaired) electrons. The Labute approximate surface area is 169 Å². The van der Waals surface area contributed by atoms with E-state index in [1.54, 1.807) is 6.92 Å². The lowest BCUT2D eigenvalue weighted by atomic mass is 9.84. The molecule has 2 saturated heterocycles. The lowest BCUT2D eigenvalue weighted by molar-refractivity contribution is -0.129. The van der Waals surface area contributed by atoms with E-state index in [0.29, 0.717) is 17.9 Å². The summed E-state index contributed by atoms with van der Waals surface area (Å²) in [5.74, 6) is 2.70. The average molecular weight is 386 g/mol. The minimum atomic E-state index is 0.147. The maximum atomic E-state index is 12.0. The van der Waals surface area contributed by atoms with Gasteiger partial charge < -0.3 is 14.7 Å². The van der Waals surface area contributed by atoms with Gasteiger partial charge in [-0.3, -0.25) is 4.79 Å². The van der Waals surface area contributed by atoms with Gasteiger partial charge in [0, 0.05) is 51.0 Å². The Hall–Kier alpha value is -1.69. The van der Waals surface area contributed by atoms with Crippen molar-refractivity contribution >= 4 is 11.7 Å². The number of aromatic nitrogens is 2. The van der Waals surface area contributed by atoms with Gasteiger partial charge in [0.2, 0.25) is 5.91 Å². The molecule has 6 heteroatoms. The predicted molar refractivity (Wildman–Crippen MR) is 112 cm³/mol. The summed E-state index contributed by atoms with van der Waals surface area (Å²) in [5, 5.41) is 0. The van der Waals surface area contributed by atoms with Crippen molar-refractivity contribution in [3.05, 3.63) is 17.1 Å². The summed E-state index contributed by atoms with van der Waals surface area (Å²) in [5.41, 5.74) is 2.66. The molecule has 4 heterocycles. The summed E-state index contributed by atoms with van der Waals surface area (Å²) in [7, 11) is 2.20. The summed E-state index contributed by atoms with van der Waals surface area (Å²) in [6.45, 7) is 12.1. The average Bonchev–Trinajstić information content (AvgIpc) is 2.65. The van der Waals surface area contributed by atoms with Gasteiger partial charge in [0.15, 0.2) is 0 Å². The van der Waals surface area contributed by atoms with Crippen molar-refractivity contribution in [2.24, 2.45) is 5.41 Å². The summed E-state index contributed by atoms with van der Waals surface area (Å²) < 4.78 is 0. The van der Waals surface area contributed by atoms with Gasteiger partial charge in [-0.25, -0.2) is 9.97 Å². The Bertz CT molecular complexity index is 747. The number of piperidine rings is 2. The third-order valence-corrected chi connectivity index (χ3v) is 6.69. The number of carbonyl (C=O) groups excluding carboxylic acids is 1. The number of rotatable bonds is 2. The zero-order valence-electron chi connectivity index (χ0n) is 18.0. The third kappa shape index (κ3) is 4.02. The molecule has 1 aromatic rings. The summed E-state index contributed by atoms with van der Waals surface area (Å²) >= 11 is 0. The highest BCUT2D eigenvalue weighted by Gasteiger charge is 2.33. The second-order valence-corrected chi connectivity index (χ2v) is 9.81. The van der Waals surface area contributed by atoms with Crippen LogP contribution in [0, 0.1) is 5.41 Å². The Morgan fingerprint density at radius 2 is 1.96 bits per heavy atom. The molecule has 1 atom stereocenters. The number of likely N-dealkylation sites (tertiary alicyclic amines) is 1. The molecule has 2 fully saturated rings. The molecular weight excluding hydrogens is 350 g/mol. The maximum absolute atomic E-state index is 12.0. The summed E-state index contributed by atoms with van der Waals surface area (Å²) in [6, 6.07) is 0. The van der Waals surface area contributed by atoms with Crippen LogP contribution in [0.2, 0.25) is 0 Å². The van der Waals surface area contributed by atoms with Crippen LogP contribution in [-0.4, -0.2) is 65.4 Å². The van der Waals surface area contributed by atoms with Gasteiger partial charge in [-0.05, 0) is 44.7 Å². The van der Waals surface area contributed by atoms with Gasteiger partial charge in [-0.1, -0.05) is 13.8 Å². The first-order valence-electron chi connectivity index (χ1n) is 10.9. The van der Waals surface area contributed by atoms with Crippen LogP contribution in [0.5, 0.6) is 0 Å². The lowest BCUT2D eigenvalue weighted by Crippen LogP contribution is -2.43. The molecule has 0 spiro atoms. The van der Waals surface area contributed by atoms with Crippen LogP contribution in [-0.2, 0) is 17.8 Å². The van der Waals surface area contributed by atoms with Gasteiger partial charge in [0.25, 0.3) is 0 Å². The van der Waals surface area contributed by atoms with E-state index >= 15 is 0 Å². The molecule has 0 aromatic carbocycles. The van der Waals surface area contributed by atoms with Crippen molar-refractivity contribution in [1.82, 2.24) is 19.8 Å². The highest BCUT2D eigenvalue weighted by atomic mass is 16.2. The Morgan fingerprint density at radius 1 is 1.14 bits per heavy atom. The topological polar surface area (TPSA) is 52.6 Å². The van der Waals surface area contributed by atoms with Gasteiger partial charge in [0.1, 0.15) is 11.6 Å². The smallest absolute Gasteiger partial charge is 0.219 e. The second kappa shape index (κ2) is 7.62. The van der Waals surface area contributed by atoms with E-state index < -0.39 is 0 Å². The number of amides is 1. The molecule has 1 amide bonds. The minimum Gasteiger partial charge on any atom is -0.356 e. The van der Waals surface area contributed by atoms with E-state index in [9.17, 15) is 4.79 Å². The fraction of sp³-hybridized carbons (Fsp3) is 0.773. The zero-order valence-corrected chi connectivity index (χ0v) is 18.0. The maximum Gasteiger partial charge on any atom is 0.219 e. The number of fused-ring (bicyclic) bond motifs is 1. The number of likely N-dealkylation sites (N-methyl/N-ethyl adjacent to an activating group) is 1. The lowest BCUT2D eigenvalue weighted by Gasteiger charge is -2.41. The van der Waals surface area contributed by atoms with Crippen molar-refractivity contribution in [3.63, 3.8) is 0 Å². The number of hydrogen-bond donors (Lipinski definition) is 0. The zero-order chi connectivity index (χ0) is 19.9. The second-order valence-electron chi connectivity index (χ2n) is 9.81. The first-order valence-corrected chi connectivity index (χ1v) is 10.9. The van der Waals surface area contributed by atoms with Crippen LogP contribution >= 0.6 is 0 Å². The molecule has 6 nitrogen and oxygen atoms in total. The van der Waals surface area contributed by atoms with Gasteiger partial charge in [-0.15, -0.1) is 0 Å². The van der Waals surface area contributed by atoms with Crippen molar-refractivity contribution in [3.8, 4) is 0 Å². The summed E-state index contributed by atoms with van der Waals surface area (Å²) in [6.07, 6.45) is 5.69. The van der Waals surface area contributed by atoms with Crippen molar-refractivity contribution in [2.75, 3.05) is 44.7 Å². The minimum absolute atomic E-state index is 0.147. The molecule has 4 rings (SSSR count). The Morgan fingerprint density at radius 3 is 2.68 bits per heavy atom. The SMILES string of the molecule is CC(=O)N1CCc2nc([C@H]3CCCN(C)C3)nc(N3CCCC(C)(C)C3)c2C1. The van der Waals surface area contributed by atoms with Crippen LogP contribution in [0.3, 0.4) is 0 Å². The molecule has 0 aliphatic carbocycles. The third-order valence-electron chi connectivity index (χ3n) is 6.69. The van der Waals surface area contributed by atoms with Crippen LogP contribution in [0.15, 0.2) is 0 Å². The number of nitrogens with zero attached hydrogens (tertiary/aromatic N) is 5. The number of anilines is 1. The van der Waals surface area contributed by atoms with Crippen molar-refractivity contribution in [2.45, 2.75) is 65.3 Å². The molecule has 28 heavy (non-hydrogen) atoms. The Kier molecular flexibility index (Phi) is 5.34. The molecule has 154 valence electrons. The Balaban J connectivity index is 1.72. The fourth-order valence-corrected chi connectivity index (χ4v) is 5.11. The van der Waals surface area contributed by atoms with E-state index in [4.69, 9.17) is 9.97 Å². The van der Waals surface area contributed by atoms with Crippen LogP contribution in [0.1, 0.15) is 69.5 Å². The quantitative estimate of drug-likeness (QED) is 0.784. The van der Waals surface area contributed by atoms with Crippen molar-refractivity contribution < 1.29 is 4.79 Å². The standard InChI is InChI=1S/C22H35N5O/c1-16(28)26-12-8-19-18(14-26)21(27-11-6-9-22(2,3)15-27)24-20(23-19)17-7-5-10-25(4)13-17/h17H,5-15H2,1-4H3/t17-/m0/s1. The number of carbonyl (C=O) groups is 1. The van der Waals surface area contributed by atoms with E-state index in [1.807, 2.05) is 4.90 Å². The molecule has 3 aliphatic heterocycles. The van der Waals surface area contributed by atoms with E-state index in [-0.39, 0.29) is 5.91 Å². The van der Waals surface area contributed by atoms with E-state index in [2.05, 4.69) is 30.7 Å². The first kappa shape index (κ1) is 19.6. The van der Waals surface area contributed by atoms with E-state index in [0.717, 1.165) is 44.2 Å². The van der Waals surface area contributed by atoms with Crippen LogP contribution in [0.4, 0.5) is 5.82 Å². The summed E-state index contributed by atoms with van der Waals surface area (Å²) in [4.78, 5) is 29.1. The first-order chi connectivity index (χ1) is 13.3. The van der Waals surface area contributed by atoms with Gasteiger partial charge in [0.05, 0.1) is 12.2 Å². The predicted octanol–water partition coefficient (Wildman–Crippen LogP) is 2.82.